The molecular weight excluding hydrogens is 266 g/mol. The minimum atomic E-state index is -0.0509. The van der Waals surface area contributed by atoms with E-state index in [1.807, 2.05) is 6.92 Å². The highest BCUT2D eigenvalue weighted by atomic mass is 16.5. The van der Waals surface area contributed by atoms with Crippen LogP contribution < -0.4 is 5.32 Å². The van der Waals surface area contributed by atoms with Crippen LogP contribution in [0.15, 0.2) is 24.3 Å². The lowest BCUT2D eigenvalue weighted by Crippen LogP contribution is -2.36. The Balaban J connectivity index is 1.92. The molecule has 4 nitrogen and oxygen atoms in total. The van der Waals surface area contributed by atoms with Crippen LogP contribution in [0.25, 0.3) is 0 Å². The molecule has 0 bridgehead atoms. The lowest BCUT2D eigenvalue weighted by Gasteiger charge is -2.32. The molecule has 1 heterocycles. The summed E-state index contributed by atoms with van der Waals surface area (Å²) in [5, 5.41) is 2.95. The van der Waals surface area contributed by atoms with Crippen LogP contribution in [0.4, 0.5) is 0 Å². The Morgan fingerprint density at radius 1 is 1.38 bits per heavy atom. The summed E-state index contributed by atoms with van der Waals surface area (Å²) in [6.07, 6.45) is 2.20. The Labute approximate surface area is 126 Å². The zero-order valence-corrected chi connectivity index (χ0v) is 12.9. The van der Waals surface area contributed by atoms with Gasteiger partial charge in [0.1, 0.15) is 6.61 Å². The first kappa shape index (κ1) is 16.0. The van der Waals surface area contributed by atoms with Gasteiger partial charge in [0, 0.05) is 25.7 Å². The summed E-state index contributed by atoms with van der Waals surface area (Å²) in [7, 11) is 0. The van der Waals surface area contributed by atoms with Crippen LogP contribution in [-0.4, -0.2) is 32.3 Å². The summed E-state index contributed by atoms with van der Waals surface area (Å²) >= 11 is 0. The quantitative estimate of drug-likeness (QED) is 0.876. The highest BCUT2D eigenvalue weighted by Crippen LogP contribution is 2.33. The molecule has 1 aromatic carbocycles. The second-order valence-corrected chi connectivity index (χ2v) is 5.55. The monoisotopic (exact) mass is 291 g/mol. The van der Waals surface area contributed by atoms with E-state index in [4.69, 9.17) is 9.47 Å². The van der Waals surface area contributed by atoms with Gasteiger partial charge in [0.2, 0.25) is 5.91 Å². The maximum Gasteiger partial charge on any atom is 0.246 e. The van der Waals surface area contributed by atoms with E-state index in [1.54, 1.807) is 0 Å². The molecule has 1 fully saturated rings. The maximum absolute atomic E-state index is 11.7. The van der Waals surface area contributed by atoms with Crippen LogP contribution in [0.3, 0.4) is 0 Å². The topological polar surface area (TPSA) is 47.6 Å². The SMILES string of the molecule is CCOCC(=O)NC[C@H]1CCCO[C@H]1c1ccc(C)cc1. The first-order valence-electron chi connectivity index (χ1n) is 7.73. The van der Waals surface area contributed by atoms with Gasteiger partial charge in [-0.05, 0) is 32.3 Å². The summed E-state index contributed by atoms with van der Waals surface area (Å²) in [6.45, 7) is 6.10. The first-order chi connectivity index (χ1) is 10.2. The van der Waals surface area contributed by atoms with Crippen LogP contribution in [0.1, 0.15) is 37.0 Å². The number of hydrogen-bond acceptors (Lipinski definition) is 3. The Hall–Kier alpha value is -1.39. The highest BCUT2D eigenvalue weighted by Gasteiger charge is 2.27. The zero-order valence-electron chi connectivity index (χ0n) is 12.9. The predicted molar refractivity (Wildman–Crippen MR) is 82.1 cm³/mol. The van der Waals surface area contributed by atoms with Crippen molar-refractivity contribution in [2.75, 3.05) is 26.4 Å². The van der Waals surface area contributed by atoms with Gasteiger partial charge in [0.15, 0.2) is 0 Å². The van der Waals surface area contributed by atoms with Gasteiger partial charge >= 0.3 is 0 Å². The number of hydrogen-bond donors (Lipinski definition) is 1. The van der Waals surface area contributed by atoms with E-state index in [-0.39, 0.29) is 18.6 Å². The average molecular weight is 291 g/mol. The van der Waals surface area contributed by atoms with Gasteiger partial charge in [-0.1, -0.05) is 29.8 Å². The summed E-state index contributed by atoms with van der Waals surface area (Å²) < 4.78 is 11.1. The predicted octanol–water partition coefficient (Wildman–Crippen LogP) is 2.62. The molecule has 21 heavy (non-hydrogen) atoms. The standard InChI is InChI=1S/C17H25NO3/c1-3-20-12-16(19)18-11-15-5-4-10-21-17(15)14-8-6-13(2)7-9-14/h6-9,15,17H,3-5,10-12H2,1-2H3,(H,18,19)/t15-,17+/m1/s1. The number of aryl methyl sites for hydroxylation is 1. The molecule has 2 rings (SSSR count). The summed E-state index contributed by atoms with van der Waals surface area (Å²) in [5.41, 5.74) is 2.44. The third-order valence-electron chi connectivity index (χ3n) is 3.85. The van der Waals surface area contributed by atoms with E-state index < -0.39 is 0 Å². The molecule has 0 radical (unpaired) electrons. The zero-order chi connectivity index (χ0) is 15.1. The molecule has 1 N–H and O–H groups in total. The van der Waals surface area contributed by atoms with Crippen molar-refractivity contribution in [2.24, 2.45) is 5.92 Å². The lowest BCUT2D eigenvalue weighted by atomic mass is 9.89. The van der Waals surface area contributed by atoms with Gasteiger partial charge in [-0.2, -0.15) is 0 Å². The van der Waals surface area contributed by atoms with Gasteiger partial charge < -0.3 is 14.8 Å². The van der Waals surface area contributed by atoms with Crippen molar-refractivity contribution in [2.45, 2.75) is 32.8 Å². The van der Waals surface area contributed by atoms with Crippen LogP contribution in [0, 0.1) is 12.8 Å². The van der Waals surface area contributed by atoms with Crippen LogP contribution >= 0.6 is 0 Å². The smallest absolute Gasteiger partial charge is 0.246 e. The molecule has 116 valence electrons. The maximum atomic E-state index is 11.7. The van der Waals surface area contributed by atoms with Crippen molar-refractivity contribution >= 4 is 5.91 Å². The molecule has 2 atom stereocenters. The Morgan fingerprint density at radius 2 is 2.14 bits per heavy atom. The van der Waals surface area contributed by atoms with Gasteiger partial charge in [0.25, 0.3) is 0 Å². The molecule has 1 aromatic rings. The average Bonchev–Trinajstić information content (AvgIpc) is 2.52. The van der Waals surface area contributed by atoms with Gasteiger partial charge in [-0.15, -0.1) is 0 Å². The minimum absolute atomic E-state index is 0.0509. The van der Waals surface area contributed by atoms with E-state index in [9.17, 15) is 4.79 Å². The first-order valence-corrected chi connectivity index (χ1v) is 7.73. The number of rotatable bonds is 6. The third-order valence-corrected chi connectivity index (χ3v) is 3.85. The second-order valence-electron chi connectivity index (χ2n) is 5.55. The van der Waals surface area contributed by atoms with Crippen LogP contribution in [-0.2, 0) is 14.3 Å². The van der Waals surface area contributed by atoms with Crippen molar-refractivity contribution in [1.29, 1.82) is 0 Å². The Kier molecular flexibility index (Phi) is 6.21. The Morgan fingerprint density at radius 3 is 2.86 bits per heavy atom. The fourth-order valence-electron chi connectivity index (χ4n) is 2.67. The molecule has 0 spiro atoms. The van der Waals surface area contributed by atoms with Crippen LogP contribution in [0.2, 0.25) is 0 Å². The normalized spacial score (nSPS) is 22.0. The largest absolute Gasteiger partial charge is 0.373 e. The van der Waals surface area contributed by atoms with E-state index in [1.165, 1.54) is 11.1 Å². The van der Waals surface area contributed by atoms with Gasteiger partial charge in [-0.3, -0.25) is 4.79 Å². The fourth-order valence-corrected chi connectivity index (χ4v) is 2.67. The van der Waals surface area contributed by atoms with Crippen molar-refractivity contribution in [3.05, 3.63) is 35.4 Å². The third kappa shape index (κ3) is 4.83. The van der Waals surface area contributed by atoms with E-state index in [2.05, 4.69) is 36.5 Å². The van der Waals surface area contributed by atoms with E-state index in [0.717, 1.165) is 19.4 Å². The molecular formula is C17H25NO3. The van der Waals surface area contributed by atoms with Crippen LogP contribution in [0.5, 0.6) is 0 Å². The summed E-state index contributed by atoms with van der Waals surface area (Å²) in [5.74, 6) is 0.275. The molecule has 4 heteroatoms. The summed E-state index contributed by atoms with van der Waals surface area (Å²) in [4.78, 5) is 11.7. The van der Waals surface area contributed by atoms with Crippen molar-refractivity contribution in [1.82, 2.24) is 5.32 Å². The number of amides is 1. The van der Waals surface area contributed by atoms with Gasteiger partial charge in [-0.25, -0.2) is 0 Å². The number of ether oxygens (including phenoxy) is 2. The molecule has 0 aromatic heterocycles. The second kappa shape index (κ2) is 8.15. The number of carbonyl (C=O) groups is 1. The Bertz CT molecular complexity index is 444. The fraction of sp³-hybridized carbons (Fsp3) is 0.588. The number of benzene rings is 1. The van der Waals surface area contributed by atoms with Crippen molar-refractivity contribution in [3.63, 3.8) is 0 Å². The lowest BCUT2D eigenvalue weighted by molar-refractivity contribution is -0.126. The molecule has 1 amide bonds. The number of nitrogens with one attached hydrogen (secondary N) is 1. The summed E-state index contributed by atoms with van der Waals surface area (Å²) in [6, 6.07) is 8.47. The minimum Gasteiger partial charge on any atom is -0.373 e. The molecule has 1 aliphatic heterocycles. The van der Waals surface area contributed by atoms with Crippen molar-refractivity contribution < 1.29 is 14.3 Å². The molecule has 1 aliphatic rings. The molecule has 1 saturated heterocycles. The molecule has 0 saturated carbocycles. The highest BCUT2D eigenvalue weighted by molar-refractivity contribution is 5.77. The van der Waals surface area contributed by atoms with E-state index >= 15 is 0 Å². The van der Waals surface area contributed by atoms with E-state index in [0.29, 0.717) is 19.1 Å². The van der Waals surface area contributed by atoms with Crippen molar-refractivity contribution in [3.8, 4) is 0 Å². The van der Waals surface area contributed by atoms with Gasteiger partial charge in [0.05, 0.1) is 6.10 Å². The molecule has 0 unspecified atom stereocenters. The molecule has 0 aliphatic carbocycles. The number of carbonyl (C=O) groups excluding carboxylic acids is 1.